The van der Waals surface area contributed by atoms with E-state index in [0.29, 0.717) is 11.5 Å². The van der Waals surface area contributed by atoms with Crippen LogP contribution in [-0.2, 0) is 6.18 Å². The number of amides is 1. The summed E-state index contributed by atoms with van der Waals surface area (Å²) in [5.74, 6) is 0.539. The zero-order valence-corrected chi connectivity index (χ0v) is 14.4. The maximum absolute atomic E-state index is 13.0. The molecule has 0 heterocycles. The zero-order chi connectivity index (χ0) is 19.4. The molecule has 0 saturated heterocycles. The summed E-state index contributed by atoms with van der Waals surface area (Å²) in [5.41, 5.74) is 0.157. The van der Waals surface area contributed by atoms with Crippen LogP contribution in [0.15, 0.2) is 72.8 Å². The number of halogens is 3. The molecule has 0 aliphatic rings. The fraction of sp³-hybridized carbons (Fsp3) is 0.0952. The Morgan fingerprint density at radius 2 is 1.41 bits per heavy atom. The van der Waals surface area contributed by atoms with Crippen LogP contribution in [0.3, 0.4) is 0 Å². The molecule has 0 radical (unpaired) electrons. The van der Waals surface area contributed by atoms with Gasteiger partial charge in [0.15, 0.2) is 0 Å². The van der Waals surface area contributed by atoms with Crippen LogP contribution < -0.4 is 10.1 Å². The highest BCUT2D eigenvalue weighted by atomic mass is 19.4. The summed E-state index contributed by atoms with van der Waals surface area (Å²) in [4.78, 5) is 12.3. The molecule has 1 N–H and O–H groups in total. The number of alkyl halides is 3. The molecule has 3 nitrogen and oxygen atoms in total. The third kappa shape index (κ3) is 4.67. The second kappa shape index (κ2) is 7.53. The van der Waals surface area contributed by atoms with Crippen molar-refractivity contribution in [3.63, 3.8) is 0 Å². The molecule has 3 aromatic rings. The average molecular weight is 371 g/mol. The number of anilines is 1. The van der Waals surface area contributed by atoms with Crippen molar-refractivity contribution in [3.8, 4) is 11.5 Å². The minimum absolute atomic E-state index is 0.225. The van der Waals surface area contributed by atoms with Crippen molar-refractivity contribution in [1.29, 1.82) is 0 Å². The first-order chi connectivity index (χ1) is 12.8. The van der Waals surface area contributed by atoms with E-state index in [2.05, 4.69) is 5.32 Å². The average Bonchev–Trinajstić information content (AvgIpc) is 2.64. The predicted octanol–water partition coefficient (Wildman–Crippen LogP) is 6.06. The number of rotatable bonds is 4. The second-order valence-electron chi connectivity index (χ2n) is 5.94. The van der Waals surface area contributed by atoms with E-state index in [1.807, 2.05) is 31.2 Å². The van der Waals surface area contributed by atoms with E-state index in [4.69, 9.17) is 4.74 Å². The third-order valence-electron chi connectivity index (χ3n) is 3.85. The molecule has 0 aromatic heterocycles. The van der Waals surface area contributed by atoms with E-state index in [0.717, 1.165) is 11.6 Å². The monoisotopic (exact) mass is 371 g/mol. The minimum Gasteiger partial charge on any atom is -0.457 e. The lowest BCUT2D eigenvalue weighted by molar-refractivity contribution is -0.136. The molecule has 0 aliphatic heterocycles. The van der Waals surface area contributed by atoms with E-state index in [9.17, 15) is 18.0 Å². The van der Waals surface area contributed by atoms with Gasteiger partial charge in [-0.2, -0.15) is 13.2 Å². The molecule has 27 heavy (non-hydrogen) atoms. The molecule has 0 aliphatic carbocycles. The number of aryl methyl sites for hydroxylation is 1. The number of hydrogen-bond donors (Lipinski definition) is 1. The summed E-state index contributed by atoms with van der Waals surface area (Å²) in [6.07, 6.45) is -4.55. The predicted molar refractivity (Wildman–Crippen MR) is 97.1 cm³/mol. The Morgan fingerprint density at radius 1 is 0.852 bits per heavy atom. The van der Waals surface area contributed by atoms with Crippen LogP contribution in [0.1, 0.15) is 21.5 Å². The largest absolute Gasteiger partial charge is 0.457 e. The minimum atomic E-state index is -4.55. The molecule has 0 spiro atoms. The van der Waals surface area contributed by atoms with E-state index in [1.165, 1.54) is 30.3 Å². The molecule has 1 amide bonds. The Kier molecular flexibility index (Phi) is 5.16. The van der Waals surface area contributed by atoms with Gasteiger partial charge in [0, 0.05) is 5.56 Å². The van der Waals surface area contributed by atoms with Crippen LogP contribution in [0.2, 0.25) is 0 Å². The Bertz CT molecular complexity index is 933. The number of benzene rings is 3. The van der Waals surface area contributed by atoms with Crippen molar-refractivity contribution in [2.45, 2.75) is 13.1 Å². The van der Waals surface area contributed by atoms with Crippen molar-refractivity contribution in [1.82, 2.24) is 0 Å². The van der Waals surface area contributed by atoms with Gasteiger partial charge in [-0.15, -0.1) is 0 Å². The van der Waals surface area contributed by atoms with Crippen molar-refractivity contribution < 1.29 is 22.7 Å². The van der Waals surface area contributed by atoms with E-state index >= 15 is 0 Å². The van der Waals surface area contributed by atoms with Gasteiger partial charge < -0.3 is 10.1 Å². The number of carbonyl (C=O) groups is 1. The van der Waals surface area contributed by atoms with Crippen molar-refractivity contribution in [2.75, 3.05) is 5.32 Å². The maximum atomic E-state index is 13.0. The second-order valence-corrected chi connectivity index (χ2v) is 5.94. The van der Waals surface area contributed by atoms with Gasteiger partial charge in [0.2, 0.25) is 0 Å². The summed E-state index contributed by atoms with van der Waals surface area (Å²) in [5, 5.41) is 2.31. The highest BCUT2D eigenvalue weighted by molar-refractivity contribution is 6.04. The van der Waals surface area contributed by atoms with Crippen LogP contribution in [0.4, 0.5) is 18.9 Å². The summed E-state index contributed by atoms with van der Waals surface area (Å²) in [6.45, 7) is 1.97. The molecule has 0 saturated carbocycles. The highest BCUT2D eigenvalue weighted by Gasteiger charge is 2.33. The number of carbonyl (C=O) groups excluding carboxylic acids is 1. The lowest BCUT2D eigenvalue weighted by Gasteiger charge is -2.13. The molecular weight excluding hydrogens is 355 g/mol. The molecule has 0 bridgehead atoms. The van der Waals surface area contributed by atoms with Crippen molar-refractivity contribution in [2.24, 2.45) is 0 Å². The summed E-state index contributed by atoms with van der Waals surface area (Å²) in [7, 11) is 0. The Hall–Kier alpha value is -3.28. The first kappa shape index (κ1) is 18.5. The normalized spacial score (nSPS) is 11.1. The standard InChI is InChI=1S/C21H16F3NO2/c1-14-6-10-16(11-7-14)27-17-12-8-15(9-13-17)20(26)25-19-5-3-2-4-18(19)21(22,23)24/h2-13H,1H3,(H,25,26). The number of ether oxygens (including phenoxy) is 1. The fourth-order valence-electron chi connectivity index (χ4n) is 2.45. The zero-order valence-electron chi connectivity index (χ0n) is 14.4. The van der Waals surface area contributed by atoms with Gasteiger partial charge in [-0.25, -0.2) is 0 Å². The number of nitrogens with one attached hydrogen (secondary N) is 1. The first-order valence-electron chi connectivity index (χ1n) is 8.15. The van der Waals surface area contributed by atoms with Crippen LogP contribution in [0, 0.1) is 6.92 Å². The van der Waals surface area contributed by atoms with E-state index in [-0.39, 0.29) is 11.3 Å². The van der Waals surface area contributed by atoms with Gasteiger partial charge in [0.25, 0.3) is 5.91 Å². The number of para-hydroxylation sites is 1. The Balaban J connectivity index is 1.72. The van der Waals surface area contributed by atoms with Crippen LogP contribution in [0.25, 0.3) is 0 Å². The van der Waals surface area contributed by atoms with Crippen LogP contribution in [0.5, 0.6) is 11.5 Å². The quantitative estimate of drug-likeness (QED) is 0.605. The van der Waals surface area contributed by atoms with Gasteiger partial charge >= 0.3 is 6.18 Å². The summed E-state index contributed by atoms with van der Waals surface area (Å²) in [6, 6.07) is 18.5. The molecule has 3 aromatic carbocycles. The molecular formula is C21H16F3NO2. The van der Waals surface area contributed by atoms with Crippen molar-refractivity contribution >= 4 is 11.6 Å². The maximum Gasteiger partial charge on any atom is 0.418 e. The molecule has 6 heteroatoms. The van der Waals surface area contributed by atoms with Gasteiger partial charge in [-0.05, 0) is 55.5 Å². The van der Waals surface area contributed by atoms with Crippen LogP contribution in [-0.4, -0.2) is 5.91 Å². The smallest absolute Gasteiger partial charge is 0.418 e. The topological polar surface area (TPSA) is 38.3 Å². The van der Waals surface area contributed by atoms with E-state index in [1.54, 1.807) is 12.1 Å². The first-order valence-corrected chi connectivity index (χ1v) is 8.15. The van der Waals surface area contributed by atoms with Gasteiger partial charge in [-0.3, -0.25) is 4.79 Å². The third-order valence-corrected chi connectivity index (χ3v) is 3.85. The molecule has 0 unspecified atom stereocenters. The molecule has 0 fully saturated rings. The van der Waals surface area contributed by atoms with Crippen molar-refractivity contribution in [3.05, 3.63) is 89.5 Å². The summed E-state index contributed by atoms with van der Waals surface area (Å²) < 4.78 is 44.7. The highest BCUT2D eigenvalue weighted by Crippen LogP contribution is 2.34. The molecule has 0 atom stereocenters. The lowest BCUT2D eigenvalue weighted by atomic mass is 10.1. The number of hydrogen-bond acceptors (Lipinski definition) is 2. The van der Waals surface area contributed by atoms with Gasteiger partial charge in [0.05, 0.1) is 11.3 Å². The van der Waals surface area contributed by atoms with Gasteiger partial charge in [-0.1, -0.05) is 29.8 Å². The molecule has 138 valence electrons. The lowest BCUT2D eigenvalue weighted by Crippen LogP contribution is -2.16. The van der Waals surface area contributed by atoms with Gasteiger partial charge in [0.1, 0.15) is 11.5 Å². The van der Waals surface area contributed by atoms with E-state index < -0.39 is 17.6 Å². The fourth-order valence-corrected chi connectivity index (χ4v) is 2.45. The Morgan fingerprint density at radius 3 is 2.00 bits per heavy atom. The Labute approximate surface area is 154 Å². The van der Waals surface area contributed by atoms with Crippen LogP contribution >= 0.6 is 0 Å². The SMILES string of the molecule is Cc1ccc(Oc2ccc(C(=O)Nc3ccccc3C(F)(F)F)cc2)cc1. The molecule has 3 rings (SSSR count). The summed E-state index contributed by atoms with van der Waals surface area (Å²) >= 11 is 0.